The maximum atomic E-state index is 14.2. The number of fused-ring (bicyclic) bond motifs is 2. The Morgan fingerprint density at radius 3 is 2.50 bits per heavy atom. The lowest BCUT2D eigenvalue weighted by molar-refractivity contribution is -0.127. The molecule has 5 aromatic rings. The first-order valence-corrected chi connectivity index (χ1v) is 13.3. The molecule has 10 nitrogen and oxygen atoms in total. The quantitative estimate of drug-likeness (QED) is 0.265. The van der Waals surface area contributed by atoms with E-state index in [0.29, 0.717) is 22.3 Å². The molecule has 1 fully saturated rings. The lowest BCUT2D eigenvalue weighted by Gasteiger charge is -2.32. The van der Waals surface area contributed by atoms with Crippen molar-refractivity contribution in [1.29, 1.82) is 0 Å². The lowest BCUT2D eigenvalue weighted by atomic mass is 10.0. The second-order valence-corrected chi connectivity index (χ2v) is 10.0. The van der Waals surface area contributed by atoms with E-state index in [4.69, 9.17) is 0 Å². The number of hydrogen-bond donors (Lipinski definition) is 3. The van der Waals surface area contributed by atoms with Crippen LogP contribution in [0.25, 0.3) is 21.9 Å². The minimum Gasteiger partial charge on any atom is -0.504 e. The van der Waals surface area contributed by atoms with Crippen LogP contribution in [0.5, 0.6) is 11.5 Å². The molecule has 0 spiro atoms. The van der Waals surface area contributed by atoms with Crippen molar-refractivity contribution in [2.75, 3.05) is 4.90 Å². The number of amides is 2. The molecule has 1 atom stereocenters. The second kappa shape index (κ2) is 10.6. The number of phenolic OH excluding ortho intramolecular Hbond substituents is 2. The molecule has 0 aliphatic heterocycles. The van der Waals surface area contributed by atoms with Crippen molar-refractivity contribution >= 4 is 39.4 Å². The average molecular weight is 537 g/mol. The van der Waals surface area contributed by atoms with Gasteiger partial charge in [0, 0.05) is 11.4 Å². The highest BCUT2D eigenvalue weighted by Crippen LogP contribution is 2.35. The number of nitrogens with one attached hydrogen (secondary N) is 1. The third-order valence-electron chi connectivity index (χ3n) is 7.35. The van der Waals surface area contributed by atoms with Gasteiger partial charge in [0.05, 0.1) is 22.9 Å². The molecule has 1 saturated carbocycles. The van der Waals surface area contributed by atoms with Crippen LogP contribution < -0.4 is 10.2 Å². The van der Waals surface area contributed by atoms with Gasteiger partial charge in [-0.2, -0.15) is 0 Å². The molecule has 202 valence electrons. The number of nitrogens with zero attached hydrogens (tertiary/aromatic N) is 5. The highest BCUT2D eigenvalue weighted by atomic mass is 16.3. The Balaban J connectivity index is 1.47. The Bertz CT molecular complexity index is 1710. The van der Waals surface area contributed by atoms with Crippen molar-refractivity contribution in [3.8, 4) is 11.5 Å². The molecule has 3 aromatic carbocycles. The number of anilines is 1. The molecule has 0 radical (unpaired) electrons. The van der Waals surface area contributed by atoms with E-state index in [1.807, 2.05) is 54.6 Å². The summed E-state index contributed by atoms with van der Waals surface area (Å²) in [7, 11) is 0. The van der Waals surface area contributed by atoms with Gasteiger partial charge in [0.1, 0.15) is 18.1 Å². The Morgan fingerprint density at radius 1 is 0.950 bits per heavy atom. The number of phenols is 2. The first kappa shape index (κ1) is 25.3. The predicted octanol–water partition coefficient (Wildman–Crippen LogP) is 4.22. The number of benzene rings is 3. The Morgan fingerprint density at radius 2 is 1.70 bits per heavy atom. The SMILES string of the molecule is O=C(NC1CCCC1)C(c1ccc(O)c(O)c1)N(C(=O)Cn1nnc2ccccc21)c1cnc2ccccc2c1. The van der Waals surface area contributed by atoms with E-state index in [9.17, 15) is 19.8 Å². The number of aromatic hydroxyl groups is 2. The molecule has 2 aromatic heterocycles. The summed E-state index contributed by atoms with van der Waals surface area (Å²) in [5.41, 5.74) is 2.83. The van der Waals surface area contributed by atoms with Crippen LogP contribution in [0.2, 0.25) is 0 Å². The molecule has 40 heavy (non-hydrogen) atoms. The van der Waals surface area contributed by atoms with E-state index in [-0.39, 0.29) is 30.0 Å². The molecule has 3 N–H and O–H groups in total. The zero-order valence-corrected chi connectivity index (χ0v) is 21.6. The highest BCUT2D eigenvalue weighted by molar-refractivity contribution is 6.02. The van der Waals surface area contributed by atoms with Gasteiger partial charge in [-0.25, -0.2) is 4.68 Å². The van der Waals surface area contributed by atoms with Gasteiger partial charge in [0.15, 0.2) is 11.5 Å². The maximum Gasteiger partial charge on any atom is 0.249 e. The number of hydrogen-bond acceptors (Lipinski definition) is 7. The normalized spacial score (nSPS) is 14.4. The molecular weight excluding hydrogens is 508 g/mol. The Kier molecular flexibility index (Phi) is 6.73. The van der Waals surface area contributed by atoms with Crippen molar-refractivity contribution in [3.63, 3.8) is 0 Å². The lowest BCUT2D eigenvalue weighted by Crippen LogP contribution is -2.47. The molecule has 1 aliphatic rings. The first-order chi connectivity index (χ1) is 19.5. The predicted molar refractivity (Wildman–Crippen MR) is 150 cm³/mol. The van der Waals surface area contributed by atoms with Gasteiger partial charge in [-0.15, -0.1) is 5.10 Å². The van der Waals surface area contributed by atoms with Crippen LogP contribution in [-0.2, 0) is 16.1 Å². The summed E-state index contributed by atoms with van der Waals surface area (Å²) in [6.07, 6.45) is 5.32. The summed E-state index contributed by atoms with van der Waals surface area (Å²) < 4.78 is 1.50. The fourth-order valence-electron chi connectivity index (χ4n) is 5.35. The third kappa shape index (κ3) is 4.91. The largest absolute Gasteiger partial charge is 0.504 e. The average Bonchev–Trinajstić information content (AvgIpc) is 3.63. The maximum absolute atomic E-state index is 14.2. The molecule has 0 saturated heterocycles. The monoisotopic (exact) mass is 536 g/mol. The number of aromatic nitrogens is 4. The molecule has 0 bridgehead atoms. The number of carbonyl (C=O) groups is 2. The standard InChI is InChI=1S/C30H28N6O4/c37-26-14-13-20(16-27(26)38)29(30(40)32-21-8-2-3-9-21)36(22-15-19-7-1-4-10-23(19)31-17-22)28(39)18-35-25-12-6-5-11-24(25)33-34-35/h1,4-7,10-17,21,29,37-38H,2-3,8-9,18H2,(H,32,40). The minimum atomic E-state index is -1.16. The summed E-state index contributed by atoms with van der Waals surface area (Å²) in [5, 5.41) is 32.6. The number of para-hydroxylation sites is 2. The van der Waals surface area contributed by atoms with Gasteiger partial charge in [-0.1, -0.05) is 54.5 Å². The van der Waals surface area contributed by atoms with E-state index in [0.717, 1.165) is 36.6 Å². The topological polar surface area (TPSA) is 133 Å². The van der Waals surface area contributed by atoms with Crippen LogP contribution in [0.4, 0.5) is 5.69 Å². The van der Waals surface area contributed by atoms with Gasteiger partial charge in [-0.05, 0) is 54.8 Å². The molecule has 1 aliphatic carbocycles. The zero-order chi connectivity index (χ0) is 27.6. The van der Waals surface area contributed by atoms with Crippen molar-refractivity contribution in [2.45, 2.75) is 44.3 Å². The molecule has 6 rings (SSSR count). The van der Waals surface area contributed by atoms with E-state index < -0.39 is 11.9 Å². The molecule has 10 heteroatoms. The fourth-order valence-corrected chi connectivity index (χ4v) is 5.35. The van der Waals surface area contributed by atoms with E-state index >= 15 is 0 Å². The third-order valence-corrected chi connectivity index (χ3v) is 7.35. The second-order valence-electron chi connectivity index (χ2n) is 10.0. The minimum absolute atomic E-state index is 0.00773. The first-order valence-electron chi connectivity index (χ1n) is 13.3. The zero-order valence-electron chi connectivity index (χ0n) is 21.6. The smallest absolute Gasteiger partial charge is 0.249 e. The Hall–Kier alpha value is -4.99. The Labute approximate surface area is 229 Å². The van der Waals surface area contributed by atoms with Crippen molar-refractivity contribution in [2.24, 2.45) is 0 Å². The van der Waals surface area contributed by atoms with Gasteiger partial charge in [-0.3, -0.25) is 19.5 Å². The van der Waals surface area contributed by atoms with Gasteiger partial charge in [0.2, 0.25) is 11.8 Å². The number of pyridine rings is 1. The summed E-state index contributed by atoms with van der Waals surface area (Å²) in [4.78, 5) is 34.2. The van der Waals surface area contributed by atoms with Crippen LogP contribution in [-0.4, -0.2) is 48.0 Å². The van der Waals surface area contributed by atoms with Gasteiger partial charge in [0.25, 0.3) is 0 Å². The van der Waals surface area contributed by atoms with Gasteiger partial charge >= 0.3 is 0 Å². The molecule has 1 unspecified atom stereocenters. The van der Waals surface area contributed by atoms with Crippen LogP contribution in [0.15, 0.2) is 79.0 Å². The van der Waals surface area contributed by atoms with Crippen LogP contribution in [0.3, 0.4) is 0 Å². The number of rotatable bonds is 7. The van der Waals surface area contributed by atoms with E-state index in [2.05, 4.69) is 20.6 Å². The molecule has 2 heterocycles. The van der Waals surface area contributed by atoms with Crippen LogP contribution in [0.1, 0.15) is 37.3 Å². The fraction of sp³-hybridized carbons (Fsp3) is 0.233. The number of carbonyl (C=O) groups excluding carboxylic acids is 2. The summed E-state index contributed by atoms with van der Waals surface area (Å²) in [6, 6.07) is 19.7. The van der Waals surface area contributed by atoms with Crippen molar-refractivity contribution in [3.05, 3.63) is 84.6 Å². The molecule has 2 amide bonds. The summed E-state index contributed by atoms with van der Waals surface area (Å²) in [6.45, 7) is -0.190. The van der Waals surface area contributed by atoms with Crippen molar-refractivity contribution < 1.29 is 19.8 Å². The van der Waals surface area contributed by atoms with Crippen LogP contribution in [0, 0.1) is 0 Å². The van der Waals surface area contributed by atoms with Crippen molar-refractivity contribution in [1.82, 2.24) is 25.3 Å². The highest BCUT2D eigenvalue weighted by Gasteiger charge is 2.35. The van der Waals surface area contributed by atoms with Gasteiger partial charge < -0.3 is 15.5 Å². The van der Waals surface area contributed by atoms with Crippen LogP contribution >= 0.6 is 0 Å². The summed E-state index contributed by atoms with van der Waals surface area (Å²) >= 11 is 0. The molecular formula is C30H28N6O4. The summed E-state index contributed by atoms with van der Waals surface area (Å²) in [5.74, 6) is -1.52. The van der Waals surface area contributed by atoms with E-state index in [1.54, 1.807) is 6.20 Å². The van der Waals surface area contributed by atoms with E-state index in [1.165, 1.54) is 27.8 Å².